The number of hydrogen-bond acceptors (Lipinski definition) is 4. The van der Waals surface area contributed by atoms with E-state index in [0.717, 1.165) is 31.1 Å². The van der Waals surface area contributed by atoms with E-state index in [1.54, 1.807) is 14.2 Å². The van der Waals surface area contributed by atoms with Gasteiger partial charge in [-0.15, -0.1) is 0 Å². The third-order valence-electron chi connectivity index (χ3n) is 3.49. The number of benzene rings is 1. The normalized spacial score (nSPS) is 17.1. The predicted octanol–water partition coefficient (Wildman–Crippen LogP) is 1.78. The SMILES string of the molecule is COc1ccc(C(CN)CC2COC2)cc1OC. The van der Waals surface area contributed by atoms with Crippen LogP contribution >= 0.6 is 0 Å². The third-order valence-corrected chi connectivity index (χ3v) is 3.49. The lowest BCUT2D eigenvalue weighted by Crippen LogP contribution is -2.30. The Morgan fingerprint density at radius 2 is 2.00 bits per heavy atom. The summed E-state index contributed by atoms with van der Waals surface area (Å²) in [4.78, 5) is 0. The lowest BCUT2D eigenvalue weighted by Gasteiger charge is -2.29. The number of rotatable bonds is 6. The van der Waals surface area contributed by atoms with E-state index in [4.69, 9.17) is 19.9 Å². The van der Waals surface area contributed by atoms with Crippen LogP contribution in [0, 0.1) is 5.92 Å². The highest BCUT2D eigenvalue weighted by molar-refractivity contribution is 5.44. The first-order chi connectivity index (χ1) is 8.78. The van der Waals surface area contributed by atoms with Crippen LogP contribution in [-0.4, -0.2) is 34.0 Å². The zero-order chi connectivity index (χ0) is 13.0. The van der Waals surface area contributed by atoms with Crippen molar-refractivity contribution >= 4 is 0 Å². The van der Waals surface area contributed by atoms with Gasteiger partial charge in [0.1, 0.15) is 0 Å². The molecule has 1 aliphatic rings. The zero-order valence-corrected chi connectivity index (χ0v) is 11.0. The monoisotopic (exact) mass is 251 g/mol. The van der Waals surface area contributed by atoms with Gasteiger partial charge >= 0.3 is 0 Å². The molecular weight excluding hydrogens is 230 g/mol. The molecule has 100 valence electrons. The van der Waals surface area contributed by atoms with Gasteiger partial charge in [0.15, 0.2) is 11.5 Å². The molecular formula is C14H21NO3. The number of hydrogen-bond donors (Lipinski definition) is 1. The molecule has 0 aromatic heterocycles. The second kappa shape index (κ2) is 6.07. The minimum absolute atomic E-state index is 0.360. The van der Waals surface area contributed by atoms with E-state index in [2.05, 4.69) is 6.07 Å². The largest absolute Gasteiger partial charge is 0.493 e. The van der Waals surface area contributed by atoms with Crippen molar-refractivity contribution < 1.29 is 14.2 Å². The van der Waals surface area contributed by atoms with Crippen molar-refractivity contribution in [1.29, 1.82) is 0 Å². The van der Waals surface area contributed by atoms with Crippen LogP contribution in [0.2, 0.25) is 0 Å². The van der Waals surface area contributed by atoms with Crippen LogP contribution in [0.15, 0.2) is 18.2 Å². The molecule has 0 aliphatic carbocycles. The van der Waals surface area contributed by atoms with Crippen molar-refractivity contribution in [3.05, 3.63) is 23.8 Å². The first-order valence-electron chi connectivity index (χ1n) is 6.28. The molecule has 1 atom stereocenters. The van der Waals surface area contributed by atoms with Crippen LogP contribution < -0.4 is 15.2 Å². The standard InChI is InChI=1S/C14H21NO3/c1-16-13-4-3-11(6-14(13)17-2)12(7-15)5-10-8-18-9-10/h3-4,6,10,12H,5,7-9,15H2,1-2H3. The summed E-state index contributed by atoms with van der Waals surface area (Å²) >= 11 is 0. The maximum Gasteiger partial charge on any atom is 0.160 e. The fourth-order valence-corrected chi connectivity index (χ4v) is 2.30. The fraction of sp³-hybridized carbons (Fsp3) is 0.571. The maximum atomic E-state index is 5.88. The van der Waals surface area contributed by atoms with Gasteiger partial charge in [-0.25, -0.2) is 0 Å². The second-order valence-corrected chi connectivity index (χ2v) is 4.69. The number of ether oxygens (including phenoxy) is 3. The van der Waals surface area contributed by atoms with Crippen LogP contribution in [0.1, 0.15) is 17.9 Å². The highest BCUT2D eigenvalue weighted by atomic mass is 16.5. The molecule has 1 fully saturated rings. The summed E-state index contributed by atoms with van der Waals surface area (Å²) in [7, 11) is 3.29. The van der Waals surface area contributed by atoms with Crippen molar-refractivity contribution in [3.63, 3.8) is 0 Å². The number of methoxy groups -OCH3 is 2. The van der Waals surface area contributed by atoms with Gasteiger partial charge < -0.3 is 19.9 Å². The van der Waals surface area contributed by atoms with Gasteiger partial charge in [-0.3, -0.25) is 0 Å². The molecule has 0 radical (unpaired) electrons. The lowest BCUT2D eigenvalue weighted by molar-refractivity contribution is -0.0382. The summed E-state index contributed by atoms with van der Waals surface area (Å²) in [6, 6.07) is 6.03. The molecule has 0 saturated carbocycles. The van der Waals surface area contributed by atoms with Gasteiger partial charge in [0.25, 0.3) is 0 Å². The van der Waals surface area contributed by atoms with Crippen LogP contribution in [0.25, 0.3) is 0 Å². The smallest absolute Gasteiger partial charge is 0.160 e. The van der Waals surface area contributed by atoms with E-state index in [1.807, 2.05) is 12.1 Å². The van der Waals surface area contributed by atoms with Gasteiger partial charge in [0.05, 0.1) is 27.4 Å². The van der Waals surface area contributed by atoms with Crippen molar-refractivity contribution in [1.82, 2.24) is 0 Å². The summed E-state index contributed by atoms with van der Waals surface area (Å²) < 4.78 is 15.8. The molecule has 1 aromatic rings. The molecule has 0 amide bonds. The van der Waals surface area contributed by atoms with E-state index in [0.29, 0.717) is 18.4 Å². The van der Waals surface area contributed by atoms with Crippen LogP contribution in [-0.2, 0) is 4.74 Å². The molecule has 4 heteroatoms. The fourth-order valence-electron chi connectivity index (χ4n) is 2.30. The molecule has 1 heterocycles. The van der Waals surface area contributed by atoms with Gasteiger partial charge in [-0.05, 0) is 36.6 Å². The van der Waals surface area contributed by atoms with E-state index in [1.165, 1.54) is 5.56 Å². The zero-order valence-electron chi connectivity index (χ0n) is 11.0. The van der Waals surface area contributed by atoms with Crippen LogP contribution in [0.4, 0.5) is 0 Å². The maximum absolute atomic E-state index is 5.88. The Labute approximate surface area is 108 Å². The van der Waals surface area contributed by atoms with E-state index in [9.17, 15) is 0 Å². The molecule has 1 aromatic carbocycles. The van der Waals surface area contributed by atoms with E-state index in [-0.39, 0.29) is 0 Å². The molecule has 18 heavy (non-hydrogen) atoms. The minimum atomic E-state index is 0.360. The predicted molar refractivity (Wildman–Crippen MR) is 70.3 cm³/mol. The highest BCUT2D eigenvalue weighted by Gasteiger charge is 2.23. The van der Waals surface area contributed by atoms with Gasteiger partial charge in [-0.2, -0.15) is 0 Å². The van der Waals surface area contributed by atoms with Crippen molar-refractivity contribution in [3.8, 4) is 11.5 Å². The van der Waals surface area contributed by atoms with E-state index < -0.39 is 0 Å². The van der Waals surface area contributed by atoms with Crippen LogP contribution in [0.3, 0.4) is 0 Å². The molecule has 1 unspecified atom stereocenters. The Hall–Kier alpha value is -1.26. The topological polar surface area (TPSA) is 53.7 Å². The van der Waals surface area contributed by atoms with Crippen molar-refractivity contribution in [2.24, 2.45) is 11.7 Å². The van der Waals surface area contributed by atoms with Crippen molar-refractivity contribution in [2.75, 3.05) is 34.0 Å². The molecule has 4 nitrogen and oxygen atoms in total. The first-order valence-corrected chi connectivity index (χ1v) is 6.28. The third kappa shape index (κ3) is 2.76. The van der Waals surface area contributed by atoms with E-state index >= 15 is 0 Å². The number of nitrogens with two attached hydrogens (primary N) is 1. The average molecular weight is 251 g/mol. The molecule has 2 rings (SSSR count). The second-order valence-electron chi connectivity index (χ2n) is 4.69. The summed E-state index contributed by atoms with van der Waals surface area (Å²) in [5.74, 6) is 2.52. The first kappa shape index (κ1) is 13.2. The Morgan fingerprint density at radius 1 is 1.28 bits per heavy atom. The molecule has 0 bridgehead atoms. The molecule has 1 aliphatic heterocycles. The van der Waals surface area contributed by atoms with Gasteiger partial charge in [-0.1, -0.05) is 6.07 Å². The lowest BCUT2D eigenvalue weighted by atomic mass is 9.88. The molecule has 2 N–H and O–H groups in total. The molecule has 1 saturated heterocycles. The summed E-state index contributed by atoms with van der Waals surface area (Å²) in [5, 5.41) is 0. The summed E-state index contributed by atoms with van der Waals surface area (Å²) in [6.45, 7) is 2.37. The highest BCUT2D eigenvalue weighted by Crippen LogP contribution is 2.33. The summed E-state index contributed by atoms with van der Waals surface area (Å²) in [5.41, 5.74) is 7.09. The van der Waals surface area contributed by atoms with Crippen molar-refractivity contribution in [2.45, 2.75) is 12.3 Å². The summed E-state index contributed by atoms with van der Waals surface area (Å²) in [6.07, 6.45) is 1.08. The Bertz CT molecular complexity index is 391. The quantitative estimate of drug-likeness (QED) is 0.837. The molecule has 0 spiro atoms. The Kier molecular flexibility index (Phi) is 4.44. The van der Waals surface area contributed by atoms with Gasteiger partial charge in [0, 0.05) is 5.92 Å². The Morgan fingerprint density at radius 3 is 2.50 bits per heavy atom. The van der Waals surface area contributed by atoms with Crippen LogP contribution in [0.5, 0.6) is 11.5 Å². The Balaban J connectivity index is 2.13. The average Bonchev–Trinajstić information content (AvgIpc) is 2.37. The van der Waals surface area contributed by atoms with Gasteiger partial charge in [0.2, 0.25) is 0 Å². The minimum Gasteiger partial charge on any atom is -0.493 e.